The zero-order valence-electron chi connectivity index (χ0n) is 13.3. The van der Waals surface area contributed by atoms with Crippen LogP contribution in [0.5, 0.6) is 11.5 Å². The minimum Gasteiger partial charge on any atom is -0.497 e. The van der Waals surface area contributed by atoms with E-state index in [0.29, 0.717) is 16.5 Å². The number of carbonyl (C=O) groups is 1. The van der Waals surface area contributed by atoms with Crippen molar-refractivity contribution in [3.05, 3.63) is 59.8 Å². The van der Waals surface area contributed by atoms with Crippen LogP contribution >= 0.6 is 12.2 Å². The lowest BCUT2D eigenvalue weighted by Gasteiger charge is -2.14. The van der Waals surface area contributed by atoms with Gasteiger partial charge in [0.2, 0.25) is 0 Å². The van der Waals surface area contributed by atoms with Crippen LogP contribution in [0.2, 0.25) is 0 Å². The molecule has 1 amide bonds. The number of rotatable bonds is 4. The summed E-state index contributed by atoms with van der Waals surface area (Å²) < 4.78 is 10.3. The van der Waals surface area contributed by atoms with Gasteiger partial charge in [-0.3, -0.25) is 9.69 Å². The number of thiocarbonyl (C=S) groups is 1. The highest BCUT2D eigenvalue weighted by atomic mass is 32.1. The van der Waals surface area contributed by atoms with Crippen molar-refractivity contribution in [2.45, 2.75) is 0 Å². The van der Waals surface area contributed by atoms with Crippen molar-refractivity contribution >= 4 is 35.0 Å². The standard InChI is InChI=1S/C18H16N2O3S/c1-22-14-7-3-12(4-8-14)11-16-17(21)20(18(24)19-16)13-5-9-15(23-2)10-6-13/h3-11H,1-2H3,(H,19,24). The molecular weight excluding hydrogens is 324 g/mol. The molecule has 1 aliphatic rings. The van der Waals surface area contributed by atoms with Crippen LogP contribution in [0, 0.1) is 0 Å². The van der Waals surface area contributed by atoms with Crippen molar-refractivity contribution < 1.29 is 14.3 Å². The monoisotopic (exact) mass is 340 g/mol. The Hall–Kier alpha value is -2.86. The van der Waals surface area contributed by atoms with Gasteiger partial charge >= 0.3 is 0 Å². The molecule has 1 fully saturated rings. The second-order valence-corrected chi connectivity index (χ2v) is 5.49. The van der Waals surface area contributed by atoms with E-state index in [4.69, 9.17) is 21.7 Å². The smallest absolute Gasteiger partial charge is 0.281 e. The summed E-state index contributed by atoms with van der Waals surface area (Å²) in [6.45, 7) is 0. The molecule has 1 N–H and O–H groups in total. The summed E-state index contributed by atoms with van der Waals surface area (Å²) in [5.41, 5.74) is 2.00. The Labute approximate surface area is 145 Å². The van der Waals surface area contributed by atoms with E-state index in [-0.39, 0.29) is 5.91 Å². The first-order valence-electron chi connectivity index (χ1n) is 7.27. The average molecular weight is 340 g/mol. The van der Waals surface area contributed by atoms with E-state index in [1.165, 1.54) is 4.90 Å². The van der Waals surface area contributed by atoms with Crippen molar-refractivity contribution in [2.75, 3.05) is 19.1 Å². The molecule has 0 unspecified atom stereocenters. The minimum absolute atomic E-state index is 0.194. The molecule has 0 aromatic heterocycles. The van der Waals surface area contributed by atoms with Crippen molar-refractivity contribution in [2.24, 2.45) is 0 Å². The Kier molecular flexibility index (Phi) is 4.48. The summed E-state index contributed by atoms with van der Waals surface area (Å²) in [5.74, 6) is 1.29. The summed E-state index contributed by atoms with van der Waals surface area (Å²) in [5, 5.41) is 3.32. The van der Waals surface area contributed by atoms with Crippen LogP contribution in [0.4, 0.5) is 5.69 Å². The second-order valence-electron chi connectivity index (χ2n) is 5.10. The SMILES string of the molecule is COc1ccc(C=C2NC(=S)N(c3ccc(OC)cc3)C2=O)cc1. The van der Waals surface area contributed by atoms with Crippen LogP contribution in [0.3, 0.4) is 0 Å². The fourth-order valence-electron chi connectivity index (χ4n) is 2.37. The molecule has 0 aliphatic carbocycles. The fraction of sp³-hybridized carbons (Fsp3) is 0.111. The minimum atomic E-state index is -0.194. The third-order valence-electron chi connectivity index (χ3n) is 3.64. The molecule has 1 heterocycles. The van der Waals surface area contributed by atoms with Crippen LogP contribution in [-0.2, 0) is 4.79 Å². The highest BCUT2D eigenvalue weighted by Crippen LogP contribution is 2.25. The molecule has 0 atom stereocenters. The molecule has 122 valence electrons. The van der Waals surface area contributed by atoms with Gasteiger partial charge in [0.1, 0.15) is 17.2 Å². The normalized spacial score (nSPS) is 15.6. The Morgan fingerprint density at radius 1 is 0.958 bits per heavy atom. The summed E-state index contributed by atoms with van der Waals surface area (Å²) in [6.07, 6.45) is 1.76. The predicted molar refractivity (Wildman–Crippen MR) is 97.2 cm³/mol. The molecule has 2 aromatic carbocycles. The van der Waals surface area contributed by atoms with Gasteiger partial charge < -0.3 is 14.8 Å². The largest absolute Gasteiger partial charge is 0.497 e. The van der Waals surface area contributed by atoms with E-state index < -0.39 is 0 Å². The number of amides is 1. The first-order chi connectivity index (χ1) is 11.6. The topological polar surface area (TPSA) is 50.8 Å². The lowest BCUT2D eigenvalue weighted by Crippen LogP contribution is -2.30. The zero-order chi connectivity index (χ0) is 17.1. The number of anilines is 1. The zero-order valence-corrected chi connectivity index (χ0v) is 14.1. The Bertz CT molecular complexity index is 798. The number of nitrogens with zero attached hydrogens (tertiary/aromatic N) is 1. The molecule has 3 rings (SSSR count). The maximum atomic E-state index is 12.7. The van der Waals surface area contributed by atoms with Crippen LogP contribution in [0.25, 0.3) is 6.08 Å². The van der Waals surface area contributed by atoms with Gasteiger partial charge in [-0.1, -0.05) is 12.1 Å². The van der Waals surface area contributed by atoms with Gasteiger partial charge in [-0.2, -0.15) is 0 Å². The Balaban J connectivity index is 1.85. The predicted octanol–water partition coefficient (Wildman–Crippen LogP) is 2.97. The van der Waals surface area contributed by atoms with Gasteiger partial charge in [0, 0.05) is 0 Å². The number of ether oxygens (including phenoxy) is 2. The van der Waals surface area contributed by atoms with Gasteiger partial charge in [-0.15, -0.1) is 0 Å². The first kappa shape index (κ1) is 16.0. The van der Waals surface area contributed by atoms with Crippen LogP contribution in [-0.4, -0.2) is 25.2 Å². The molecule has 1 aliphatic heterocycles. The number of hydrogen-bond donors (Lipinski definition) is 1. The molecule has 24 heavy (non-hydrogen) atoms. The summed E-state index contributed by atoms with van der Waals surface area (Å²) in [7, 11) is 3.21. The van der Waals surface area contributed by atoms with E-state index in [1.807, 2.05) is 24.3 Å². The molecule has 5 nitrogen and oxygen atoms in total. The number of benzene rings is 2. The molecule has 0 spiro atoms. The van der Waals surface area contributed by atoms with Gasteiger partial charge in [0.25, 0.3) is 5.91 Å². The van der Waals surface area contributed by atoms with E-state index in [2.05, 4.69) is 5.32 Å². The maximum absolute atomic E-state index is 12.7. The van der Waals surface area contributed by atoms with E-state index in [1.54, 1.807) is 44.6 Å². The van der Waals surface area contributed by atoms with E-state index in [0.717, 1.165) is 17.1 Å². The van der Waals surface area contributed by atoms with Crippen molar-refractivity contribution in [3.63, 3.8) is 0 Å². The first-order valence-corrected chi connectivity index (χ1v) is 7.68. The molecular formula is C18H16N2O3S. The van der Waals surface area contributed by atoms with Crippen LogP contribution in [0.1, 0.15) is 5.56 Å². The Morgan fingerprint density at radius 2 is 1.50 bits per heavy atom. The maximum Gasteiger partial charge on any atom is 0.281 e. The average Bonchev–Trinajstić information content (AvgIpc) is 2.89. The Morgan fingerprint density at radius 3 is 2.04 bits per heavy atom. The summed E-state index contributed by atoms with van der Waals surface area (Å²) >= 11 is 5.30. The van der Waals surface area contributed by atoms with E-state index >= 15 is 0 Å². The van der Waals surface area contributed by atoms with Crippen LogP contribution in [0.15, 0.2) is 54.2 Å². The van der Waals surface area contributed by atoms with Crippen molar-refractivity contribution in [1.82, 2.24) is 5.32 Å². The molecule has 6 heteroatoms. The number of hydrogen-bond acceptors (Lipinski definition) is 4. The van der Waals surface area contributed by atoms with Gasteiger partial charge in [0.05, 0.1) is 19.9 Å². The van der Waals surface area contributed by atoms with Gasteiger partial charge in [-0.25, -0.2) is 0 Å². The quantitative estimate of drug-likeness (QED) is 0.685. The molecule has 0 bridgehead atoms. The van der Waals surface area contributed by atoms with Gasteiger partial charge in [-0.05, 0) is 60.3 Å². The van der Waals surface area contributed by atoms with Crippen molar-refractivity contribution in [3.8, 4) is 11.5 Å². The third-order valence-corrected chi connectivity index (χ3v) is 3.92. The lowest BCUT2D eigenvalue weighted by molar-refractivity contribution is -0.113. The number of nitrogens with one attached hydrogen (secondary N) is 1. The van der Waals surface area contributed by atoms with Gasteiger partial charge in [0.15, 0.2) is 5.11 Å². The number of methoxy groups -OCH3 is 2. The highest BCUT2D eigenvalue weighted by Gasteiger charge is 2.31. The second kappa shape index (κ2) is 6.72. The lowest BCUT2D eigenvalue weighted by atomic mass is 10.2. The molecule has 0 radical (unpaired) electrons. The summed E-state index contributed by atoms with van der Waals surface area (Å²) in [4.78, 5) is 14.1. The molecule has 1 saturated heterocycles. The van der Waals surface area contributed by atoms with Crippen LogP contribution < -0.4 is 19.7 Å². The summed E-state index contributed by atoms with van der Waals surface area (Å²) in [6, 6.07) is 14.6. The fourth-order valence-corrected chi connectivity index (χ4v) is 2.67. The van der Waals surface area contributed by atoms with E-state index in [9.17, 15) is 4.79 Å². The number of carbonyl (C=O) groups excluding carboxylic acids is 1. The molecule has 0 saturated carbocycles. The highest BCUT2D eigenvalue weighted by molar-refractivity contribution is 7.80. The third kappa shape index (κ3) is 3.09. The van der Waals surface area contributed by atoms with Crippen molar-refractivity contribution in [1.29, 1.82) is 0 Å². The molecule has 2 aromatic rings.